The highest BCUT2D eigenvalue weighted by atomic mass is 32.2. The van der Waals surface area contributed by atoms with Crippen LogP contribution in [-0.2, 0) is 24.4 Å². The van der Waals surface area contributed by atoms with Crippen LogP contribution in [-0.4, -0.2) is 54.4 Å². The molecule has 2 atom stereocenters. The lowest BCUT2D eigenvalue weighted by atomic mass is 10.0. The Balaban J connectivity index is 2.00. The van der Waals surface area contributed by atoms with Crippen LogP contribution in [0.2, 0.25) is 0 Å². The molecule has 1 aromatic heterocycles. The van der Waals surface area contributed by atoms with Crippen LogP contribution in [0.3, 0.4) is 0 Å². The molecule has 2 heterocycles. The van der Waals surface area contributed by atoms with Gasteiger partial charge in [0, 0.05) is 19.2 Å². The Hall–Kier alpha value is -2.33. The summed E-state index contributed by atoms with van der Waals surface area (Å²) >= 11 is 0. The average Bonchev–Trinajstić information content (AvgIpc) is 2.77. The number of rotatable bonds is 7. The molecule has 2 rings (SSSR count). The normalized spacial score (nSPS) is 19.9. The van der Waals surface area contributed by atoms with Crippen LogP contribution >= 0.6 is 0 Å². The van der Waals surface area contributed by atoms with E-state index in [0.29, 0.717) is 12.8 Å². The van der Waals surface area contributed by atoms with Gasteiger partial charge in [0.05, 0.1) is 19.0 Å². The molecule has 0 aliphatic carbocycles. The number of aromatic nitrogens is 1. The smallest absolute Gasteiger partial charge is 0.260 e. The maximum atomic E-state index is 12.6. The second-order valence-electron chi connectivity index (χ2n) is 6.49. The van der Waals surface area contributed by atoms with E-state index in [0.717, 1.165) is 4.31 Å². The Morgan fingerprint density at radius 2 is 2.19 bits per heavy atom. The van der Waals surface area contributed by atoms with Crippen LogP contribution in [0.25, 0.3) is 0 Å². The Bertz CT molecular complexity index is 797. The summed E-state index contributed by atoms with van der Waals surface area (Å²) in [5.74, 6) is -1.75. The minimum absolute atomic E-state index is 0.0299. The fourth-order valence-electron chi connectivity index (χ4n) is 2.84. The van der Waals surface area contributed by atoms with Gasteiger partial charge in [-0.15, -0.1) is 0 Å². The molecule has 0 aromatic carbocycles. The Morgan fingerprint density at radius 3 is 2.81 bits per heavy atom. The van der Waals surface area contributed by atoms with Crippen LogP contribution in [0.5, 0.6) is 0 Å². The SMILES string of the molecule is CC([CH]C(=O)N[C@H]1CCCN(S(=O)(=O)c2ccccn2)CC1=O)CC(N)=O. The lowest BCUT2D eigenvalue weighted by molar-refractivity contribution is -0.126. The number of Topliss-reactive ketones (excluding diaryl/α,β-unsaturated/α-hetero) is 1. The number of hydrogen-bond donors (Lipinski definition) is 2. The molecule has 147 valence electrons. The third-order valence-corrected chi connectivity index (χ3v) is 5.90. The van der Waals surface area contributed by atoms with Crippen molar-refractivity contribution >= 4 is 27.6 Å². The highest BCUT2D eigenvalue weighted by Gasteiger charge is 2.33. The fraction of sp³-hybridized carbons (Fsp3) is 0.471. The lowest BCUT2D eigenvalue weighted by Gasteiger charge is -2.19. The van der Waals surface area contributed by atoms with Crippen molar-refractivity contribution in [2.24, 2.45) is 11.7 Å². The average molecular weight is 395 g/mol. The van der Waals surface area contributed by atoms with Crippen molar-refractivity contribution in [3.63, 3.8) is 0 Å². The third kappa shape index (κ3) is 5.83. The molecular formula is C17H23N4O5S. The second kappa shape index (κ2) is 9.05. The molecule has 1 saturated heterocycles. The van der Waals surface area contributed by atoms with Gasteiger partial charge < -0.3 is 11.1 Å². The molecule has 1 aliphatic heterocycles. The third-order valence-electron chi connectivity index (χ3n) is 4.14. The van der Waals surface area contributed by atoms with Gasteiger partial charge in [-0.3, -0.25) is 14.4 Å². The van der Waals surface area contributed by atoms with Gasteiger partial charge in [0.15, 0.2) is 10.8 Å². The molecule has 10 heteroatoms. The van der Waals surface area contributed by atoms with E-state index in [2.05, 4.69) is 10.3 Å². The Morgan fingerprint density at radius 1 is 1.44 bits per heavy atom. The van der Waals surface area contributed by atoms with Gasteiger partial charge in [0.25, 0.3) is 10.0 Å². The molecule has 27 heavy (non-hydrogen) atoms. The van der Waals surface area contributed by atoms with Gasteiger partial charge in [0.1, 0.15) is 0 Å². The zero-order chi connectivity index (χ0) is 20.0. The number of nitrogens with two attached hydrogens (primary N) is 1. The summed E-state index contributed by atoms with van der Waals surface area (Å²) in [7, 11) is -3.87. The molecule has 9 nitrogen and oxygen atoms in total. The number of carbonyl (C=O) groups excluding carboxylic acids is 3. The van der Waals surface area contributed by atoms with Gasteiger partial charge in [0.2, 0.25) is 11.8 Å². The topological polar surface area (TPSA) is 140 Å². The van der Waals surface area contributed by atoms with Crippen LogP contribution in [0.4, 0.5) is 0 Å². The van der Waals surface area contributed by atoms with E-state index < -0.39 is 33.7 Å². The number of carbonyl (C=O) groups is 3. The molecule has 1 unspecified atom stereocenters. The predicted molar refractivity (Wildman–Crippen MR) is 96.4 cm³/mol. The van der Waals surface area contributed by atoms with Crippen molar-refractivity contribution in [1.29, 1.82) is 0 Å². The molecule has 1 aliphatic rings. The van der Waals surface area contributed by atoms with Gasteiger partial charge in [-0.1, -0.05) is 13.0 Å². The molecule has 0 spiro atoms. The van der Waals surface area contributed by atoms with E-state index in [9.17, 15) is 22.8 Å². The van der Waals surface area contributed by atoms with Crippen LogP contribution in [0.1, 0.15) is 26.2 Å². The highest BCUT2D eigenvalue weighted by Crippen LogP contribution is 2.18. The maximum Gasteiger partial charge on any atom is 0.260 e. The van der Waals surface area contributed by atoms with Crippen molar-refractivity contribution in [3.05, 3.63) is 30.8 Å². The number of nitrogens with one attached hydrogen (secondary N) is 1. The van der Waals surface area contributed by atoms with E-state index in [1.165, 1.54) is 18.7 Å². The van der Waals surface area contributed by atoms with Gasteiger partial charge in [-0.25, -0.2) is 13.4 Å². The van der Waals surface area contributed by atoms with Crippen LogP contribution < -0.4 is 11.1 Å². The number of hydrogen-bond acceptors (Lipinski definition) is 6. The molecule has 1 radical (unpaired) electrons. The highest BCUT2D eigenvalue weighted by molar-refractivity contribution is 7.89. The van der Waals surface area contributed by atoms with Crippen molar-refractivity contribution in [2.75, 3.05) is 13.1 Å². The predicted octanol–water partition coefficient (Wildman–Crippen LogP) is -0.364. The first-order chi connectivity index (χ1) is 12.7. The van der Waals surface area contributed by atoms with Gasteiger partial charge in [-0.05, 0) is 30.9 Å². The van der Waals surface area contributed by atoms with Crippen molar-refractivity contribution < 1.29 is 22.8 Å². The fourth-order valence-corrected chi connectivity index (χ4v) is 4.22. The molecule has 1 aromatic rings. The lowest BCUT2D eigenvalue weighted by Crippen LogP contribution is -2.44. The molecular weight excluding hydrogens is 372 g/mol. The summed E-state index contributed by atoms with van der Waals surface area (Å²) in [5, 5.41) is 2.47. The van der Waals surface area contributed by atoms with Crippen molar-refractivity contribution in [3.8, 4) is 0 Å². The van der Waals surface area contributed by atoms with Gasteiger partial charge in [-0.2, -0.15) is 4.31 Å². The first-order valence-electron chi connectivity index (χ1n) is 8.57. The summed E-state index contributed by atoms with van der Waals surface area (Å²) in [6, 6.07) is 3.76. The number of primary amides is 1. The van der Waals surface area contributed by atoms with E-state index in [1.54, 1.807) is 19.1 Å². The summed E-state index contributed by atoms with van der Waals surface area (Å²) in [4.78, 5) is 39.2. The van der Waals surface area contributed by atoms with E-state index in [-0.39, 0.29) is 30.5 Å². The first kappa shape index (κ1) is 21.0. The number of pyridine rings is 1. The summed E-state index contributed by atoms with van der Waals surface area (Å²) in [5.41, 5.74) is 5.09. The quantitative estimate of drug-likeness (QED) is 0.646. The number of ketones is 1. The molecule has 3 N–H and O–H groups in total. The van der Waals surface area contributed by atoms with Crippen LogP contribution in [0.15, 0.2) is 29.4 Å². The zero-order valence-corrected chi connectivity index (χ0v) is 15.8. The van der Waals surface area contributed by atoms with Crippen molar-refractivity contribution in [2.45, 2.75) is 37.3 Å². The molecule has 2 amide bonds. The minimum atomic E-state index is -3.87. The minimum Gasteiger partial charge on any atom is -0.370 e. The number of nitrogens with zero attached hydrogens (tertiary/aromatic N) is 2. The molecule has 0 saturated carbocycles. The van der Waals surface area contributed by atoms with Crippen molar-refractivity contribution in [1.82, 2.24) is 14.6 Å². The van der Waals surface area contributed by atoms with E-state index >= 15 is 0 Å². The Kier molecular flexibility index (Phi) is 7.03. The summed E-state index contributed by atoms with van der Waals surface area (Å²) < 4.78 is 26.4. The summed E-state index contributed by atoms with van der Waals surface area (Å²) in [6.07, 6.45) is 3.45. The second-order valence-corrected chi connectivity index (χ2v) is 8.38. The standard InChI is InChI=1S/C17H23N4O5S/c1-12(9-15(18)23)10-16(24)20-13-5-4-8-21(11-14(13)22)27(25,26)17-6-2-3-7-19-17/h2-3,6-7,10,12-13H,4-5,8-9,11H2,1H3,(H2,18,23)(H,20,24)/t12?,13-/m0/s1. The molecule has 1 fully saturated rings. The zero-order valence-electron chi connectivity index (χ0n) is 15.0. The van der Waals surface area contributed by atoms with E-state index in [1.807, 2.05) is 0 Å². The summed E-state index contributed by atoms with van der Waals surface area (Å²) in [6.45, 7) is 1.50. The van der Waals surface area contributed by atoms with Gasteiger partial charge >= 0.3 is 0 Å². The maximum absolute atomic E-state index is 12.6. The number of amides is 2. The Labute approximate surface area is 158 Å². The van der Waals surface area contributed by atoms with Crippen LogP contribution in [0, 0.1) is 12.3 Å². The number of sulfonamides is 1. The molecule has 0 bridgehead atoms. The van der Waals surface area contributed by atoms with E-state index in [4.69, 9.17) is 5.73 Å². The first-order valence-corrected chi connectivity index (χ1v) is 10.0. The largest absolute Gasteiger partial charge is 0.370 e. The monoisotopic (exact) mass is 395 g/mol.